The number of hydrogen-bond acceptors (Lipinski definition) is 4. The van der Waals surface area contributed by atoms with E-state index < -0.39 is 11.7 Å². The third-order valence-corrected chi connectivity index (χ3v) is 6.54. The lowest BCUT2D eigenvalue weighted by molar-refractivity contribution is -0.136. The Balaban J connectivity index is 1.57. The van der Waals surface area contributed by atoms with Gasteiger partial charge in [-0.25, -0.2) is 0 Å². The summed E-state index contributed by atoms with van der Waals surface area (Å²) in [6.45, 7) is 2.62. The minimum Gasteiger partial charge on any atom is -0.504 e. The van der Waals surface area contributed by atoms with Gasteiger partial charge in [0.05, 0.1) is 17.7 Å². The normalized spacial score (nSPS) is 11.5. The lowest BCUT2D eigenvalue weighted by Crippen LogP contribution is -2.07. The maximum Gasteiger partial charge on any atom is 0.418 e. The van der Waals surface area contributed by atoms with Gasteiger partial charge in [0.2, 0.25) is 0 Å². The van der Waals surface area contributed by atoms with Crippen molar-refractivity contribution in [2.45, 2.75) is 26.1 Å². The molecule has 0 spiro atoms. The Hall–Kier alpha value is -4.52. The summed E-state index contributed by atoms with van der Waals surface area (Å²) >= 11 is 0. The molecule has 0 aliphatic carbocycles. The molecule has 0 saturated carbocycles. The van der Waals surface area contributed by atoms with Crippen LogP contribution in [0, 0.1) is 0 Å². The Morgan fingerprint density at radius 2 is 1.64 bits per heavy atom. The first-order valence-corrected chi connectivity index (χ1v) is 12.6. The largest absolute Gasteiger partial charge is 0.504 e. The molecule has 0 radical (unpaired) electrons. The number of phenols is 1. The maximum absolute atomic E-state index is 13.9. The summed E-state index contributed by atoms with van der Waals surface area (Å²) in [5, 5.41) is 14.3. The van der Waals surface area contributed by atoms with Crippen LogP contribution < -0.4 is 10.1 Å². The molecule has 0 atom stereocenters. The Kier molecular flexibility index (Phi) is 7.41. The number of aromatic nitrogens is 1. The van der Waals surface area contributed by atoms with Crippen LogP contribution in [0.1, 0.15) is 29.2 Å². The van der Waals surface area contributed by atoms with E-state index in [0.717, 1.165) is 28.4 Å². The van der Waals surface area contributed by atoms with E-state index in [2.05, 4.69) is 10.3 Å². The van der Waals surface area contributed by atoms with Crippen LogP contribution in [-0.4, -0.2) is 16.7 Å². The van der Waals surface area contributed by atoms with Gasteiger partial charge < -0.3 is 15.2 Å². The quantitative estimate of drug-likeness (QED) is 0.213. The van der Waals surface area contributed by atoms with Crippen molar-refractivity contribution in [1.29, 1.82) is 0 Å². The topological polar surface area (TPSA) is 54.4 Å². The molecule has 1 heterocycles. The molecule has 7 heteroatoms. The summed E-state index contributed by atoms with van der Waals surface area (Å²) in [7, 11) is 0. The van der Waals surface area contributed by atoms with E-state index >= 15 is 0 Å². The number of alkyl halides is 3. The van der Waals surface area contributed by atoms with E-state index in [4.69, 9.17) is 4.74 Å². The first kappa shape index (κ1) is 26.1. The number of rotatable bonds is 8. The van der Waals surface area contributed by atoms with Crippen LogP contribution >= 0.6 is 0 Å². The lowest BCUT2D eigenvalue weighted by Gasteiger charge is -2.17. The van der Waals surface area contributed by atoms with Gasteiger partial charge in [-0.3, -0.25) is 4.98 Å². The second-order valence-corrected chi connectivity index (χ2v) is 9.15. The molecular weight excluding hydrogens is 501 g/mol. The van der Waals surface area contributed by atoms with Gasteiger partial charge in [-0.05, 0) is 59.9 Å². The van der Waals surface area contributed by atoms with Crippen LogP contribution in [0.25, 0.3) is 22.0 Å². The van der Waals surface area contributed by atoms with E-state index in [9.17, 15) is 18.3 Å². The third-order valence-electron chi connectivity index (χ3n) is 6.54. The van der Waals surface area contributed by atoms with Gasteiger partial charge in [0.1, 0.15) is 0 Å². The highest BCUT2D eigenvalue weighted by atomic mass is 19.4. The van der Waals surface area contributed by atoms with Crippen molar-refractivity contribution in [2.75, 3.05) is 11.9 Å². The number of hydrogen-bond donors (Lipinski definition) is 2. The van der Waals surface area contributed by atoms with E-state index in [-0.39, 0.29) is 11.3 Å². The zero-order valence-corrected chi connectivity index (χ0v) is 21.3. The van der Waals surface area contributed by atoms with Gasteiger partial charge >= 0.3 is 6.18 Å². The van der Waals surface area contributed by atoms with Crippen LogP contribution in [0.2, 0.25) is 0 Å². The highest BCUT2D eigenvalue weighted by Crippen LogP contribution is 2.39. The van der Waals surface area contributed by atoms with Crippen molar-refractivity contribution in [1.82, 2.24) is 4.98 Å². The van der Waals surface area contributed by atoms with Crippen molar-refractivity contribution in [3.63, 3.8) is 0 Å². The SMILES string of the molecule is CCOc1cccc(CNc2cccc(-c3c(Cc4ccccc4)cnc4c(C(F)(F)F)cccc34)c2)c1O. The van der Waals surface area contributed by atoms with E-state index in [1.807, 2.05) is 73.7 Å². The minimum absolute atomic E-state index is 0.0761. The molecule has 1 aromatic heterocycles. The van der Waals surface area contributed by atoms with Crippen molar-refractivity contribution >= 4 is 16.6 Å². The number of nitrogens with one attached hydrogen (secondary N) is 1. The van der Waals surface area contributed by atoms with Crippen molar-refractivity contribution in [3.8, 4) is 22.6 Å². The number of halogens is 3. The third kappa shape index (κ3) is 5.67. The first-order valence-electron chi connectivity index (χ1n) is 12.6. The molecule has 4 aromatic carbocycles. The van der Waals surface area contributed by atoms with Crippen molar-refractivity contribution in [2.24, 2.45) is 0 Å². The Bertz CT molecular complexity index is 1600. The molecule has 4 nitrogen and oxygen atoms in total. The minimum atomic E-state index is -4.52. The maximum atomic E-state index is 13.9. The summed E-state index contributed by atoms with van der Waals surface area (Å²) in [4.78, 5) is 4.29. The molecule has 5 aromatic rings. The summed E-state index contributed by atoms with van der Waals surface area (Å²) in [5.74, 6) is 0.493. The molecule has 0 aliphatic rings. The number of nitrogens with zero attached hydrogens (tertiary/aromatic N) is 1. The molecule has 0 aliphatic heterocycles. The second-order valence-electron chi connectivity index (χ2n) is 9.15. The fourth-order valence-corrected chi connectivity index (χ4v) is 4.75. The van der Waals surface area contributed by atoms with E-state index in [1.54, 1.807) is 18.3 Å². The van der Waals surface area contributed by atoms with Gasteiger partial charge in [-0.1, -0.05) is 66.7 Å². The average Bonchev–Trinajstić information content (AvgIpc) is 2.93. The lowest BCUT2D eigenvalue weighted by atomic mass is 9.91. The van der Waals surface area contributed by atoms with Crippen LogP contribution in [-0.2, 0) is 19.1 Å². The van der Waals surface area contributed by atoms with Crippen LogP contribution in [0.4, 0.5) is 18.9 Å². The fourth-order valence-electron chi connectivity index (χ4n) is 4.75. The highest BCUT2D eigenvalue weighted by molar-refractivity contribution is 5.98. The fraction of sp³-hybridized carbons (Fsp3) is 0.156. The number of fused-ring (bicyclic) bond motifs is 1. The summed E-state index contributed by atoms with van der Waals surface area (Å²) < 4.78 is 47.0. The predicted molar refractivity (Wildman–Crippen MR) is 148 cm³/mol. The molecule has 0 unspecified atom stereocenters. The number of para-hydroxylation sites is 2. The van der Waals surface area contributed by atoms with Gasteiger partial charge in [0.25, 0.3) is 0 Å². The highest BCUT2D eigenvalue weighted by Gasteiger charge is 2.33. The molecule has 198 valence electrons. The number of pyridine rings is 1. The van der Waals surface area contributed by atoms with Gasteiger partial charge in [-0.2, -0.15) is 13.2 Å². The summed E-state index contributed by atoms with van der Waals surface area (Å²) in [6, 6.07) is 26.8. The Labute approximate surface area is 224 Å². The molecule has 0 fully saturated rings. The van der Waals surface area contributed by atoms with Crippen molar-refractivity contribution in [3.05, 3.63) is 119 Å². The predicted octanol–water partition coefficient (Wildman–Crippen LogP) is 8.23. The first-order chi connectivity index (χ1) is 18.8. The summed E-state index contributed by atoms with van der Waals surface area (Å²) in [6.07, 6.45) is -2.45. The average molecular weight is 529 g/mol. The number of aromatic hydroxyl groups is 1. The van der Waals surface area contributed by atoms with Gasteiger partial charge in [0, 0.05) is 29.4 Å². The molecule has 0 bridgehead atoms. The second kappa shape index (κ2) is 11.1. The number of ether oxygens (including phenoxy) is 1. The summed E-state index contributed by atoms with van der Waals surface area (Å²) in [5.41, 5.74) is 3.93. The molecule has 39 heavy (non-hydrogen) atoms. The number of phenolic OH excluding ortho intramolecular Hbond substituents is 1. The molecule has 2 N–H and O–H groups in total. The Morgan fingerprint density at radius 3 is 2.41 bits per heavy atom. The number of anilines is 1. The Morgan fingerprint density at radius 1 is 0.872 bits per heavy atom. The van der Waals surface area contributed by atoms with E-state index in [0.29, 0.717) is 41.8 Å². The van der Waals surface area contributed by atoms with Gasteiger partial charge in [0.15, 0.2) is 11.5 Å². The zero-order chi connectivity index (χ0) is 27.4. The molecule has 5 rings (SSSR count). The standard InChI is InChI=1S/C32H27F3N2O2/c1-2-39-28-16-7-12-23(31(28)38)19-36-25-13-6-11-22(18-25)29-24(17-21-9-4-3-5-10-21)20-37-30-26(29)14-8-15-27(30)32(33,34)35/h3-16,18,20,36,38H,2,17,19H2,1H3. The molecular formula is C32H27F3N2O2. The number of benzene rings is 4. The smallest absolute Gasteiger partial charge is 0.418 e. The van der Waals surface area contributed by atoms with Crippen molar-refractivity contribution < 1.29 is 23.0 Å². The molecule has 0 saturated heterocycles. The van der Waals surface area contributed by atoms with Crippen LogP contribution in [0.5, 0.6) is 11.5 Å². The van der Waals surface area contributed by atoms with E-state index in [1.165, 1.54) is 6.07 Å². The monoisotopic (exact) mass is 528 g/mol. The van der Waals surface area contributed by atoms with Crippen LogP contribution in [0.3, 0.4) is 0 Å². The van der Waals surface area contributed by atoms with Gasteiger partial charge in [-0.15, -0.1) is 0 Å². The van der Waals surface area contributed by atoms with Crippen LogP contribution in [0.15, 0.2) is 97.2 Å². The molecule has 0 amide bonds. The zero-order valence-electron chi connectivity index (χ0n) is 21.3.